The van der Waals surface area contributed by atoms with Crippen LogP contribution in [0.5, 0.6) is 0 Å². The van der Waals surface area contributed by atoms with Gasteiger partial charge in [-0.05, 0) is 31.2 Å². The Kier molecular flexibility index (Phi) is 10.1. The molecule has 11 heteroatoms. The third-order valence-electron chi connectivity index (χ3n) is 5.12. The molecule has 2 heterocycles. The van der Waals surface area contributed by atoms with Crippen molar-refractivity contribution in [2.45, 2.75) is 6.92 Å². The third-order valence-corrected chi connectivity index (χ3v) is 5.86. The summed E-state index contributed by atoms with van der Waals surface area (Å²) in [5.74, 6) is 0.398. The summed E-state index contributed by atoms with van der Waals surface area (Å²) in [5, 5.41) is 13.9. The second-order valence-corrected chi connectivity index (χ2v) is 8.98. The Labute approximate surface area is 224 Å². The molecule has 1 aliphatic heterocycles. The van der Waals surface area contributed by atoms with Crippen LogP contribution in [0.15, 0.2) is 54.7 Å². The lowest BCUT2D eigenvalue weighted by atomic mass is 10.1. The highest BCUT2D eigenvalue weighted by Gasteiger charge is 2.17. The Morgan fingerprint density at radius 3 is 2.36 bits per heavy atom. The first-order valence-corrected chi connectivity index (χ1v) is 12.0. The van der Waals surface area contributed by atoms with Crippen molar-refractivity contribution in [1.82, 2.24) is 9.88 Å². The van der Waals surface area contributed by atoms with Crippen molar-refractivity contribution in [3.63, 3.8) is 0 Å². The van der Waals surface area contributed by atoms with Gasteiger partial charge in [0.25, 0.3) is 5.91 Å². The summed E-state index contributed by atoms with van der Waals surface area (Å²) in [7, 11) is 0. The molecule has 8 nitrogen and oxygen atoms in total. The molecule has 188 valence electrons. The third kappa shape index (κ3) is 7.66. The fraction of sp³-hybridized carbons (Fsp3) is 0.200. The number of morpholine rings is 1. The Morgan fingerprint density at radius 1 is 1.06 bits per heavy atom. The number of carbonyl (C=O) groups is 2. The number of carbonyl (C=O) groups excluding carboxylic acids is 2. The minimum Gasteiger partial charge on any atom is -0.378 e. The van der Waals surface area contributed by atoms with Crippen LogP contribution < -0.4 is 10.6 Å². The molecular formula is C25H24Cl3N5O3. The van der Waals surface area contributed by atoms with Crippen LogP contribution in [0.25, 0.3) is 0 Å². The van der Waals surface area contributed by atoms with Gasteiger partial charge in [-0.25, -0.2) is 4.98 Å². The molecule has 0 atom stereocenters. The van der Waals surface area contributed by atoms with E-state index in [2.05, 4.69) is 27.4 Å². The molecule has 0 radical (unpaired) electrons. The Hall–Kier alpha value is -3.17. The topological polar surface area (TPSA) is 107 Å². The van der Waals surface area contributed by atoms with Gasteiger partial charge in [-0.3, -0.25) is 15.0 Å². The highest BCUT2D eigenvalue weighted by atomic mass is 35.5. The van der Waals surface area contributed by atoms with E-state index in [9.17, 15) is 9.59 Å². The average molecular weight is 549 g/mol. The number of aryl methyl sites for hydroxylation is 1. The van der Waals surface area contributed by atoms with Crippen LogP contribution in [0.2, 0.25) is 15.1 Å². The van der Waals surface area contributed by atoms with Crippen molar-refractivity contribution in [2.24, 2.45) is 0 Å². The first kappa shape index (κ1) is 27.4. The minimum absolute atomic E-state index is 0.122. The van der Waals surface area contributed by atoms with Crippen molar-refractivity contribution in [3.8, 4) is 0 Å². The fourth-order valence-corrected chi connectivity index (χ4v) is 3.93. The number of benzene rings is 2. The van der Waals surface area contributed by atoms with Crippen LogP contribution in [0, 0.1) is 12.3 Å². The molecule has 1 aromatic heterocycles. The van der Waals surface area contributed by atoms with E-state index in [1.54, 1.807) is 12.1 Å². The zero-order valence-corrected chi connectivity index (χ0v) is 21.6. The molecule has 4 rings (SSSR count). The Morgan fingerprint density at radius 2 is 1.75 bits per heavy atom. The predicted molar refractivity (Wildman–Crippen MR) is 144 cm³/mol. The molecule has 1 aliphatic rings. The summed E-state index contributed by atoms with van der Waals surface area (Å²) in [6, 6.07) is 14.0. The standard InChI is InChI=1S/C13H8Cl3N3O2.C12H16N2O/c14-7-1-2-11(17-5-7)19-13(21)9-3-8(15)4-10(16)12(9)18-6-20;1-10-2-4-11(5-3-10)12(13)14-6-8-15-9-7-14/h1-6H,(H,18,20)(H,17,19,21);2-5,13H,6-9H2,1H3. The van der Waals surface area contributed by atoms with Crippen molar-refractivity contribution in [3.05, 3.63) is 86.5 Å². The number of hydrogen-bond acceptors (Lipinski definition) is 5. The van der Waals surface area contributed by atoms with Crippen LogP contribution in [-0.4, -0.2) is 54.3 Å². The van der Waals surface area contributed by atoms with Gasteiger partial charge in [-0.1, -0.05) is 64.6 Å². The number of hydrogen-bond donors (Lipinski definition) is 3. The first-order valence-electron chi connectivity index (χ1n) is 10.9. The first-order chi connectivity index (χ1) is 17.3. The van der Waals surface area contributed by atoms with E-state index in [1.807, 2.05) is 24.3 Å². The zero-order chi connectivity index (χ0) is 26.1. The summed E-state index contributed by atoms with van der Waals surface area (Å²) >= 11 is 17.6. The Balaban J connectivity index is 0.000000212. The van der Waals surface area contributed by atoms with Crippen molar-refractivity contribution < 1.29 is 14.3 Å². The molecule has 2 aromatic carbocycles. The number of nitrogens with zero attached hydrogens (tertiary/aromatic N) is 2. The molecule has 1 saturated heterocycles. The van der Waals surface area contributed by atoms with Gasteiger partial charge in [0, 0.05) is 29.9 Å². The van der Waals surface area contributed by atoms with Crippen LogP contribution in [0.4, 0.5) is 11.5 Å². The molecule has 36 heavy (non-hydrogen) atoms. The average Bonchev–Trinajstić information content (AvgIpc) is 2.88. The minimum atomic E-state index is -0.515. The van der Waals surface area contributed by atoms with Crippen molar-refractivity contribution in [2.75, 3.05) is 36.9 Å². The normalized spacial score (nSPS) is 12.7. The van der Waals surface area contributed by atoms with E-state index in [-0.39, 0.29) is 21.3 Å². The zero-order valence-electron chi connectivity index (χ0n) is 19.4. The van der Waals surface area contributed by atoms with Gasteiger partial charge < -0.3 is 20.3 Å². The molecule has 3 N–H and O–H groups in total. The lowest BCUT2D eigenvalue weighted by Crippen LogP contribution is -2.40. The van der Waals surface area contributed by atoms with Gasteiger partial charge in [-0.2, -0.15) is 0 Å². The number of pyridine rings is 1. The molecule has 3 aromatic rings. The highest BCUT2D eigenvalue weighted by Crippen LogP contribution is 2.30. The van der Waals surface area contributed by atoms with Gasteiger partial charge in [0.15, 0.2) is 0 Å². The van der Waals surface area contributed by atoms with Crippen molar-refractivity contribution >= 4 is 64.5 Å². The highest BCUT2D eigenvalue weighted by molar-refractivity contribution is 6.38. The lowest BCUT2D eigenvalue weighted by molar-refractivity contribution is -0.105. The van der Waals surface area contributed by atoms with Crippen LogP contribution in [0.1, 0.15) is 21.5 Å². The molecule has 0 spiro atoms. The number of aromatic nitrogens is 1. The summed E-state index contributed by atoms with van der Waals surface area (Å²) in [4.78, 5) is 28.9. The largest absolute Gasteiger partial charge is 0.378 e. The van der Waals surface area contributed by atoms with Gasteiger partial charge in [0.1, 0.15) is 11.7 Å². The maximum atomic E-state index is 12.2. The van der Waals surface area contributed by atoms with E-state index in [0.29, 0.717) is 23.1 Å². The van der Waals surface area contributed by atoms with Crippen molar-refractivity contribution in [1.29, 1.82) is 5.41 Å². The van der Waals surface area contributed by atoms with Crippen LogP contribution in [-0.2, 0) is 9.53 Å². The number of halogens is 3. The summed E-state index contributed by atoms with van der Waals surface area (Å²) in [6.45, 7) is 5.17. The summed E-state index contributed by atoms with van der Waals surface area (Å²) in [5.41, 5.74) is 2.51. The molecule has 1 fully saturated rings. The van der Waals surface area contributed by atoms with E-state index < -0.39 is 5.91 Å². The van der Waals surface area contributed by atoms with E-state index in [1.165, 1.54) is 23.9 Å². The quantitative estimate of drug-likeness (QED) is 0.221. The predicted octanol–water partition coefficient (Wildman–Crippen LogP) is 5.51. The van der Waals surface area contributed by atoms with Crippen LogP contribution in [0.3, 0.4) is 0 Å². The smallest absolute Gasteiger partial charge is 0.259 e. The fourth-order valence-electron chi connectivity index (χ4n) is 3.27. The summed E-state index contributed by atoms with van der Waals surface area (Å²) < 4.78 is 5.27. The molecular weight excluding hydrogens is 525 g/mol. The van der Waals surface area contributed by atoms with E-state index >= 15 is 0 Å². The number of ether oxygens (including phenoxy) is 1. The number of amidine groups is 1. The molecule has 0 aliphatic carbocycles. The number of nitrogens with one attached hydrogen (secondary N) is 3. The second-order valence-electron chi connectivity index (χ2n) is 7.70. The van der Waals surface area contributed by atoms with Gasteiger partial charge in [0.2, 0.25) is 6.41 Å². The van der Waals surface area contributed by atoms with Gasteiger partial charge >= 0.3 is 0 Å². The molecule has 0 saturated carbocycles. The lowest BCUT2D eigenvalue weighted by Gasteiger charge is -2.29. The van der Waals surface area contributed by atoms with E-state index in [0.717, 1.165) is 31.9 Å². The maximum absolute atomic E-state index is 12.2. The van der Waals surface area contributed by atoms with E-state index in [4.69, 9.17) is 44.9 Å². The number of amides is 2. The molecule has 0 unspecified atom stereocenters. The van der Waals surface area contributed by atoms with Gasteiger partial charge in [-0.15, -0.1) is 0 Å². The van der Waals surface area contributed by atoms with Gasteiger partial charge in [0.05, 0.1) is 34.5 Å². The monoisotopic (exact) mass is 547 g/mol. The number of anilines is 2. The second kappa shape index (κ2) is 13.2. The number of rotatable bonds is 5. The Bertz CT molecular complexity index is 1210. The maximum Gasteiger partial charge on any atom is 0.259 e. The SMILES string of the molecule is Cc1ccc(C(=N)N2CCOCC2)cc1.O=CNc1c(Cl)cc(Cl)cc1C(=O)Nc1ccc(Cl)cn1. The molecule has 2 amide bonds. The summed E-state index contributed by atoms with van der Waals surface area (Å²) in [6.07, 6.45) is 1.82. The molecule has 0 bridgehead atoms. The van der Waals surface area contributed by atoms with Crippen LogP contribution >= 0.6 is 34.8 Å².